The molecule has 1 atom stereocenters. The molecule has 0 unspecified atom stereocenters. The van der Waals surface area contributed by atoms with Gasteiger partial charge in [-0.05, 0) is 48.4 Å². The summed E-state index contributed by atoms with van der Waals surface area (Å²) in [5, 5.41) is 23.3. The Morgan fingerprint density at radius 3 is 2.96 bits per heavy atom. The second kappa shape index (κ2) is 6.85. The van der Waals surface area contributed by atoms with Crippen LogP contribution in [-0.4, -0.2) is 39.3 Å². The number of hydrogen-bond donors (Lipinski definition) is 3. The molecule has 0 spiro atoms. The molecule has 6 nitrogen and oxygen atoms in total. The fraction of sp³-hybridized carbons (Fsp3) is 0.333. The highest BCUT2D eigenvalue weighted by Gasteiger charge is 2.28. The number of anilines is 1. The van der Waals surface area contributed by atoms with Crippen LogP contribution in [0, 0.1) is 5.92 Å². The summed E-state index contributed by atoms with van der Waals surface area (Å²) in [5.74, 6) is 0.212. The molecular formula is C18H20N4O2S. The summed E-state index contributed by atoms with van der Waals surface area (Å²) in [6, 6.07) is 9.53. The molecule has 2 aromatic heterocycles. The molecule has 1 saturated heterocycles. The highest BCUT2D eigenvalue weighted by Crippen LogP contribution is 2.33. The van der Waals surface area contributed by atoms with Crippen LogP contribution in [0.3, 0.4) is 0 Å². The van der Waals surface area contributed by atoms with E-state index in [2.05, 4.69) is 15.5 Å². The lowest BCUT2D eigenvalue weighted by Gasteiger charge is -2.34. The van der Waals surface area contributed by atoms with E-state index in [4.69, 9.17) is 0 Å². The quantitative estimate of drug-likeness (QED) is 0.671. The number of aliphatic hydroxyl groups excluding tert-OH is 1. The number of carbonyl (C=O) groups excluding carboxylic acids is 1. The lowest BCUT2D eigenvalue weighted by molar-refractivity contribution is 0.0708. The summed E-state index contributed by atoms with van der Waals surface area (Å²) in [7, 11) is 0. The lowest BCUT2D eigenvalue weighted by atomic mass is 9.90. The summed E-state index contributed by atoms with van der Waals surface area (Å²) in [5.41, 5.74) is 1.65. The Labute approximate surface area is 149 Å². The molecule has 1 aliphatic heterocycles. The third-order valence-electron chi connectivity index (χ3n) is 4.80. The number of urea groups is 1. The monoisotopic (exact) mass is 356 g/mol. The van der Waals surface area contributed by atoms with Crippen molar-refractivity contribution in [1.29, 1.82) is 0 Å². The molecular weight excluding hydrogens is 336 g/mol. The van der Waals surface area contributed by atoms with Crippen LogP contribution < -0.4 is 5.32 Å². The molecule has 25 heavy (non-hydrogen) atoms. The Hall–Kier alpha value is -2.38. The third-order valence-corrected chi connectivity index (χ3v) is 5.74. The molecule has 2 amide bonds. The number of hydrogen-bond acceptors (Lipinski definition) is 4. The molecule has 3 N–H and O–H groups in total. The number of thiophene rings is 1. The largest absolute Gasteiger partial charge is 0.387 e. The zero-order chi connectivity index (χ0) is 17.2. The highest BCUT2D eigenvalue weighted by molar-refractivity contribution is 7.10. The maximum atomic E-state index is 12.5. The number of aliphatic hydroxyl groups is 1. The molecule has 0 bridgehead atoms. The van der Waals surface area contributed by atoms with Gasteiger partial charge in [0, 0.05) is 29.0 Å². The molecule has 1 aromatic carbocycles. The van der Waals surface area contributed by atoms with Gasteiger partial charge in [0.2, 0.25) is 0 Å². The number of aromatic nitrogens is 2. The molecule has 3 heterocycles. The van der Waals surface area contributed by atoms with E-state index in [1.807, 2.05) is 40.6 Å². The van der Waals surface area contributed by atoms with E-state index in [1.165, 1.54) is 0 Å². The number of amides is 2. The van der Waals surface area contributed by atoms with E-state index in [0.29, 0.717) is 13.1 Å². The third kappa shape index (κ3) is 3.38. The highest BCUT2D eigenvalue weighted by atomic mass is 32.1. The van der Waals surface area contributed by atoms with E-state index in [-0.39, 0.29) is 11.9 Å². The van der Waals surface area contributed by atoms with Crippen LogP contribution in [-0.2, 0) is 0 Å². The van der Waals surface area contributed by atoms with Crippen molar-refractivity contribution in [2.75, 3.05) is 18.4 Å². The molecule has 0 saturated carbocycles. The van der Waals surface area contributed by atoms with Gasteiger partial charge in [-0.1, -0.05) is 6.07 Å². The minimum absolute atomic E-state index is 0.0945. The minimum Gasteiger partial charge on any atom is -0.387 e. The molecule has 3 aromatic rings. The number of likely N-dealkylation sites (tertiary alicyclic amines) is 1. The van der Waals surface area contributed by atoms with E-state index in [1.54, 1.807) is 17.5 Å². The van der Waals surface area contributed by atoms with Gasteiger partial charge in [0.25, 0.3) is 0 Å². The fourth-order valence-electron chi connectivity index (χ4n) is 3.33. The Balaban J connectivity index is 1.34. The van der Waals surface area contributed by atoms with Gasteiger partial charge in [0.05, 0.1) is 17.8 Å². The van der Waals surface area contributed by atoms with E-state index >= 15 is 0 Å². The van der Waals surface area contributed by atoms with E-state index < -0.39 is 6.10 Å². The summed E-state index contributed by atoms with van der Waals surface area (Å²) in [6.45, 7) is 1.32. The Bertz CT molecular complexity index is 853. The van der Waals surface area contributed by atoms with Gasteiger partial charge in [0.15, 0.2) is 0 Å². The Morgan fingerprint density at radius 1 is 1.36 bits per heavy atom. The molecule has 1 aliphatic rings. The first-order valence-corrected chi connectivity index (χ1v) is 9.29. The first-order valence-electron chi connectivity index (χ1n) is 8.41. The number of piperidine rings is 1. The van der Waals surface area contributed by atoms with Crippen LogP contribution in [0.2, 0.25) is 0 Å². The summed E-state index contributed by atoms with van der Waals surface area (Å²) in [6.07, 6.45) is 2.95. The van der Waals surface area contributed by atoms with Crippen LogP contribution in [0.5, 0.6) is 0 Å². The SMILES string of the molecule is O=C(Nc1ccc2cn[nH]c2c1)N1CCC([C@@H](O)c2cccs2)CC1. The van der Waals surface area contributed by atoms with Crippen molar-refractivity contribution in [3.8, 4) is 0 Å². The molecule has 130 valence electrons. The van der Waals surface area contributed by atoms with Crippen LogP contribution in [0.1, 0.15) is 23.8 Å². The zero-order valence-corrected chi connectivity index (χ0v) is 14.5. The molecule has 0 radical (unpaired) electrons. The molecule has 0 aliphatic carbocycles. The summed E-state index contributed by atoms with van der Waals surface area (Å²) < 4.78 is 0. The number of rotatable bonds is 3. The van der Waals surface area contributed by atoms with Gasteiger partial charge in [0.1, 0.15) is 0 Å². The molecule has 7 heteroatoms. The van der Waals surface area contributed by atoms with E-state index in [9.17, 15) is 9.90 Å². The van der Waals surface area contributed by atoms with E-state index in [0.717, 1.165) is 34.3 Å². The number of H-pyrrole nitrogens is 1. The Morgan fingerprint density at radius 2 is 2.20 bits per heavy atom. The van der Waals surface area contributed by atoms with Gasteiger partial charge in [-0.15, -0.1) is 11.3 Å². The average Bonchev–Trinajstić information content (AvgIpc) is 3.32. The predicted octanol–water partition coefficient (Wildman–Crippen LogP) is 3.60. The van der Waals surface area contributed by atoms with Crippen molar-refractivity contribution in [2.24, 2.45) is 5.92 Å². The Kier molecular flexibility index (Phi) is 4.42. The van der Waals surface area contributed by atoms with Gasteiger partial charge in [-0.2, -0.15) is 5.10 Å². The number of nitrogens with one attached hydrogen (secondary N) is 2. The summed E-state index contributed by atoms with van der Waals surface area (Å²) >= 11 is 1.58. The second-order valence-electron chi connectivity index (χ2n) is 6.39. The smallest absolute Gasteiger partial charge is 0.321 e. The lowest BCUT2D eigenvalue weighted by Crippen LogP contribution is -2.42. The predicted molar refractivity (Wildman–Crippen MR) is 98.7 cm³/mol. The van der Waals surface area contributed by atoms with Crippen molar-refractivity contribution in [3.63, 3.8) is 0 Å². The van der Waals surface area contributed by atoms with Gasteiger partial charge < -0.3 is 15.3 Å². The number of fused-ring (bicyclic) bond motifs is 1. The van der Waals surface area contributed by atoms with Crippen LogP contribution >= 0.6 is 11.3 Å². The number of carbonyl (C=O) groups is 1. The van der Waals surface area contributed by atoms with Crippen molar-refractivity contribution in [1.82, 2.24) is 15.1 Å². The van der Waals surface area contributed by atoms with Crippen LogP contribution in [0.4, 0.5) is 10.5 Å². The number of nitrogens with zero attached hydrogens (tertiary/aromatic N) is 2. The first kappa shape index (κ1) is 16.1. The first-order chi connectivity index (χ1) is 12.2. The number of benzene rings is 1. The van der Waals surface area contributed by atoms with Crippen LogP contribution in [0.25, 0.3) is 10.9 Å². The minimum atomic E-state index is -0.423. The normalized spacial score (nSPS) is 16.9. The maximum Gasteiger partial charge on any atom is 0.321 e. The molecule has 1 fully saturated rings. The van der Waals surface area contributed by atoms with Crippen LogP contribution in [0.15, 0.2) is 41.9 Å². The van der Waals surface area contributed by atoms with Crippen molar-refractivity contribution in [2.45, 2.75) is 18.9 Å². The summed E-state index contributed by atoms with van der Waals surface area (Å²) in [4.78, 5) is 15.3. The zero-order valence-electron chi connectivity index (χ0n) is 13.7. The number of aromatic amines is 1. The molecule has 4 rings (SSSR count). The average molecular weight is 356 g/mol. The standard InChI is InChI=1S/C18H20N4O2S/c23-17(16-2-1-9-25-16)12-5-7-22(8-6-12)18(24)20-14-4-3-13-11-19-21-15(13)10-14/h1-4,9-12,17,23H,5-8H2,(H,19,21)(H,20,24)/t17-/m1/s1. The van der Waals surface area contributed by atoms with Crippen molar-refractivity contribution in [3.05, 3.63) is 46.8 Å². The topological polar surface area (TPSA) is 81.2 Å². The fourth-order valence-corrected chi connectivity index (χ4v) is 4.13. The van der Waals surface area contributed by atoms with Gasteiger partial charge in [-0.25, -0.2) is 4.79 Å². The second-order valence-corrected chi connectivity index (χ2v) is 7.37. The van der Waals surface area contributed by atoms with Crippen molar-refractivity contribution >= 4 is 34.0 Å². The maximum absolute atomic E-state index is 12.5. The van der Waals surface area contributed by atoms with Crippen molar-refractivity contribution < 1.29 is 9.90 Å². The van der Waals surface area contributed by atoms with Gasteiger partial charge >= 0.3 is 6.03 Å². The van der Waals surface area contributed by atoms with Gasteiger partial charge in [-0.3, -0.25) is 5.10 Å².